The van der Waals surface area contributed by atoms with E-state index in [1.165, 1.54) is 10.9 Å². The van der Waals surface area contributed by atoms with Gasteiger partial charge in [-0.05, 0) is 41.9 Å². The second-order valence-corrected chi connectivity index (χ2v) is 7.09. The van der Waals surface area contributed by atoms with Crippen LogP contribution in [-0.2, 0) is 4.79 Å². The summed E-state index contributed by atoms with van der Waals surface area (Å²) < 4.78 is 32.7. The molecule has 27 heavy (non-hydrogen) atoms. The molecule has 2 amide bonds. The van der Waals surface area contributed by atoms with E-state index in [2.05, 4.69) is 21.0 Å². The SMILES string of the molecule is Cc1c(Br)c(C(F)F)nn1[C@H](C)C(=O)N1CCN(C(=O)c2ccco2)CC1. The Morgan fingerprint density at radius 2 is 1.85 bits per heavy atom. The van der Waals surface area contributed by atoms with Gasteiger partial charge in [0.1, 0.15) is 11.7 Å². The number of nitrogens with zero attached hydrogens (tertiary/aromatic N) is 4. The number of carbonyl (C=O) groups excluding carboxylic acids is 2. The monoisotopic (exact) mass is 444 g/mol. The van der Waals surface area contributed by atoms with Crippen LogP contribution in [0.2, 0.25) is 0 Å². The van der Waals surface area contributed by atoms with Gasteiger partial charge < -0.3 is 14.2 Å². The van der Waals surface area contributed by atoms with Crippen LogP contribution in [-0.4, -0.2) is 57.6 Å². The fourth-order valence-electron chi connectivity index (χ4n) is 3.09. The zero-order valence-electron chi connectivity index (χ0n) is 14.9. The van der Waals surface area contributed by atoms with Crippen molar-refractivity contribution in [1.29, 1.82) is 0 Å². The molecular weight excluding hydrogens is 426 g/mol. The summed E-state index contributed by atoms with van der Waals surface area (Å²) in [6, 6.07) is 2.52. The molecule has 3 rings (SSSR count). The highest BCUT2D eigenvalue weighted by Crippen LogP contribution is 2.31. The van der Waals surface area contributed by atoms with E-state index < -0.39 is 12.5 Å². The van der Waals surface area contributed by atoms with Crippen molar-refractivity contribution in [3.05, 3.63) is 40.0 Å². The van der Waals surface area contributed by atoms with Crippen molar-refractivity contribution < 1.29 is 22.8 Å². The van der Waals surface area contributed by atoms with E-state index in [-0.39, 0.29) is 27.7 Å². The molecule has 0 aromatic carbocycles. The molecule has 0 unspecified atom stereocenters. The van der Waals surface area contributed by atoms with E-state index in [0.29, 0.717) is 31.9 Å². The van der Waals surface area contributed by atoms with Crippen LogP contribution in [0.5, 0.6) is 0 Å². The van der Waals surface area contributed by atoms with E-state index in [1.54, 1.807) is 35.8 Å². The van der Waals surface area contributed by atoms with Crippen LogP contribution in [0.15, 0.2) is 27.3 Å². The lowest BCUT2D eigenvalue weighted by molar-refractivity contribution is -0.136. The van der Waals surface area contributed by atoms with Gasteiger partial charge >= 0.3 is 0 Å². The number of hydrogen-bond donors (Lipinski definition) is 0. The van der Waals surface area contributed by atoms with Crippen molar-refractivity contribution in [3.8, 4) is 0 Å². The molecule has 2 aromatic rings. The highest BCUT2D eigenvalue weighted by molar-refractivity contribution is 9.10. The second-order valence-electron chi connectivity index (χ2n) is 6.30. The standard InChI is InChI=1S/C17H19BrF2N4O3/c1-10-13(18)14(15(19)20)21-24(10)11(2)16(25)22-5-7-23(8-6-22)17(26)12-4-3-9-27-12/h3-4,9,11,15H,5-8H2,1-2H3/t11-/m1/s1. The Bertz CT molecular complexity index is 830. The van der Waals surface area contributed by atoms with Crippen molar-refractivity contribution in [2.24, 2.45) is 0 Å². The third-order valence-electron chi connectivity index (χ3n) is 4.64. The first-order valence-corrected chi connectivity index (χ1v) is 9.24. The quantitative estimate of drug-likeness (QED) is 0.726. The maximum atomic E-state index is 13.0. The van der Waals surface area contributed by atoms with Crippen LogP contribution in [0.3, 0.4) is 0 Å². The van der Waals surface area contributed by atoms with Crippen LogP contribution < -0.4 is 0 Å². The number of halogens is 3. The van der Waals surface area contributed by atoms with Gasteiger partial charge in [0.2, 0.25) is 5.91 Å². The van der Waals surface area contributed by atoms with E-state index in [0.717, 1.165) is 0 Å². The molecule has 0 bridgehead atoms. The number of rotatable bonds is 4. The Morgan fingerprint density at radius 1 is 1.22 bits per heavy atom. The zero-order chi connectivity index (χ0) is 19.7. The summed E-state index contributed by atoms with van der Waals surface area (Å²) in [5.41, 5.74) is 0.0961. The molecule has 1 aliphatic rings. The first-order valence-electron chi connectivity index (χ1n) is 8.45. The number of hydrogen-bond acceptors (Lipinski definition) is 4. The van der Waals surface area contributed by atoms with Gasteiger partial charge in [-0.15, -0.1) is 0 Å². The van der Waals surface area contributed by atoms with Crippen molar-refractivity contribution in [2.75, 3.05) is 26.2 Å². The van der Waals surface area contributed by atoms with E-state index in [1.807, 2.05) is 0 Å². The lowest BCUT2D eigenvalue weighted by Crippen LogP contribution is -2.52. The van der Waals surface area contributed by atoms with Crippen molar-refractivity contribution in [1.82, 2.24) is 19.6 Å². The third kappa shape index (κ3) is 3.76. The zero-order valence-corrected chi connectivity index (χ0v) is 16.4. The van der Waals surface area contributed by atoms with Gasteiger partial charge in [0.15, 0.2) is 5.76 Å². The number of amides is 2. The van der Waals surface area contributed by atoms with Crippen molar-refractivity contribution >= 4 is 27.7 Å². The molecule has 0 aliphatic carbocycles. The number of carbonyl (C=O) groups is 2. The highest BCUT2D eigenvalue weighted by Gasteiger charge is 2.31. The molecule has 3 heterocycles. The normalized spacial score (nSPS) is 16.1. The lowest BCUT2D eigenvalue weighted by atomic mass is 10.2. The van der Waals surface area contributed by atoms with Gasteiger partial charge in [0.25, 0.3) is 12.3 Å². The predicted molar refractivity (Wildman–Crippen MR) is 95.5 cm³/mol. The Balaban J connectivity index is 1.65. The first-order chi connectivity index (χ1) is 12.8. The predicted octanol–water partition coefficient (Wildman–Crippen LogP) is 3.03. The molecule has 0 saturated carbocycles. The molecular formula is C17H19BrF2N4O3. The molecule has 7 nitrogen and oxygen atoms in total. The number of alkyl halides is 2. The Morgan fingerprint density at radius 3 is 2.37 bits per heavy atom. The molecule has 0 spiro atoms. The summed E-state index contributed by atoms with van der Waals surface area (Å²) in [6.07, 6.45) is -1.29. The van der Waals surface area contributed by atoms with Gasteiger partial charge in [-0.3, -0.25) is 14.3 Å². The summed E-state index contributed by atoms with van der Waals surface area (Å²) in [4.78, 5) is 28.3. The molecule has 10 heteroatoms. The van der Waals surface area contributed by atoms with Crippen molar-refractivity contribution in [3.63, 3.8) is 0 Å². The molecule has 1 atom stereocenters. The minimum atomic E-state index is -2.72. The summed E-state index contributed by atoms with van der Waals surface area (Å²) in [5.74, 6) is -0.174. The van der Waals surface area contributed by atoms with Gasteiger partial charge in [0.05, 0.1) is 16.4 Å². The third-order valence-corrected chi connectivity index (χ3v) is 5.62. The first kappa shape index (κ1) is 19.5. The van der Waals surface area contributed by atoms with Crippen LogP contribution in [0, 0.1) is 6.92 Å². The molecule has 146 valence electrons. The number of furan rings is 1. The van der Waals surface area contributed by atoms with Crippen LogP contribution in [0.25, 0.3) is 0 Å². The molecule has 0 radical (unpaired) electrons. The minimum absolute atomic E-state index is 0.214. The summed E-state index contributed by atoms with van der Waals surface area (Å²) in [5, 5.41) is 3.90. The van der Waals surface area contributed by atoms with Gasteiger partial charge in [0, 0.05) is 26.2 Å². The summed E-state index contributed by atoms with van der Waals surface area (Å²) in [7, 11) is 0. The van der Waals surface area contributed by atoms with Crippen LogP contribution in [0.4, 0.5) is 8.78 Å². The average Bonchev–Trinajstić information content (AvgIpc) is 3.30. The Kier molecular flexibility index (Phi) is 5.64. The van der Waals surface area contributed by atoms with Crippen LogP contribution >= 0.6 is 15.9 Å². The van der Waals surface area contributed by atoms with Crippen LogP contribution in [0.1, 0.15) is 41.3 Å². The van der Waals surface area contributed by atoms with E-state index in [9.17, 15) is 18.4 Å². The van der Waals surface area contributed by atoms with Crippen molar-refractivity contribution in [2.45, 2.75) is 26.3 Å². The second kappa shape index (κ2) is 7.79. The van der Waals surface area contributed by atoms with E-state index in [4.69, 9.17) is 4.42 Å². The van der Waals surface area contributed by atoms with Gasteiger partial charge in [-0.2, -0.15) is 5.10 Å². The summed E-state index contributed by atoms with van der Waals surface area (Å²) in [6.45, 7) is 4.73. The largest absolute Gasteiger partial charge is 0.459 e. The van der Waals surface area contributed by atoms with Gasteiger partial charge in [-0.25, -0.2) is 8.78 Å². The topological polar surface area (TPSA) is 71.6 Å². The molecule has 1 fully saturated rings. The maximum absolute atomic E-state index is 13.0. The number of piperazine rings is 1. The van der Waals surface area contributed by atoms with E-state index >= 15 is 0 Å². The molecule has 0 N–H and O–H groups in total. The molecule has 2 aromatic heterocycles. The fourth-order valence-corrected chi connectivity index (χ4v) is 3.53. The van der Waals surface area contributed by atoms with Gasteiger partial charge in [-0.1, -0.05) is 0 Å². The minimum Gasteiger partial charge on any atom is -0.459 e. The average molecular weight is 445 g/mol. The Labute approximate surface area is 163 Å². The lowest BCUT2D eigenvalue weighted by Gasteiger charge is -2.35. The Hall–Kier alpha value is -2.23. The molecule has 1 saturated heterocycles. The highest BCUT2D eigenvalue weighted by atomic mass is 79.9. The smallest absolute Gasteiger partial charge is 0.289 e. The number of aromatic nitrogens is 2. The summed E-state index contributed by atoms with van der Waals surface area (Å²) >= 11 is 3.12. The maximum Gasteiger partial charge on any atom is 0.289 e. The molecule has 1 aliphatic heterocycles. The fraction of sp³-hybridized carbons (Fsp3) is 0.471.